The summed E-state index contributed by atoms with van der Waals surface area (Å²) in [4.78, 5) is 33.3. The van der Waals surface area contributed by atoms with Crippen molar-refractivity contribution in [2.24, 2.45) is 0 Å². The topological polar surface area (TPSA) is 168 Å². The normalized spacial score (nSPS) is 27.7. The van der Waals surface area contributed by atoms with E-state index in [9.17, 15) is 35.0 Å². The number of nitrogens with one attached hydrogen (secondary N) is 1. The van der Waals surface area contributed by atoms with Crippen LogP contribution in [0.25, 0.3) is 0 Å². The summed E-state index contributed by atoms with van der Waals surface area (Å²) in [5, 5.41) is 43.0. The highest BCUT2D eigenvalue weighted by atomic mass is 16.7. The number of ketones is 1. The molecule has 2 rings (SSSR count). The van der Waals surface area contributed by atoms with E-state index in [1.54, 1.807) is 0 Å². The van der Waals surface area contributed by atoms with Crippen LogP contribution in [0.1, 0.15) is 24.2 Å². The van der Waals surface area contributed by atoms with Crippen LogP contribution in [0, 0.1) is 10.1 Å². The number of aliphatic hydroxyl groups is 3. The summed E-state index contributed by atoms with van der Waals surface area (Å²) in [5.41, 5.74) is -0.592. The number of Topliss-reactive ketones (excluding diaryl/α,β-unsaturated/α-hetero) is 1. The number of benzene rings is 1. The number of ether oxygens (including phenoxy) is 2. The van der Waals surface area contributed by atoms with Gasteiger partial charge in [0.05, 0.1) is 23.2 Å². The summed E-state index contributed by atoms with van der Waals surface area (Å²) in [6.45, 7) is 1.73. The molecular weight excluding hydrogens is 364 g/mol. The van der Waals surface area contributed by atoms with E-state index in [-0.39, 0.29) is 11.3 Å². The Labute approximate surface area is 153 Å². The molecule has 1 amide bonds. The molecule has 0 aromatic heterocycles. The van der Waals surface area contributed by atoms with Crippen LogP contribution < -0.4 is 10.1 Å². The third-order valence-corrected chi connectivity index (χ3v) is 4.05. The molecular formula is C16H20N2O9. The molecule has 148 valence electrons. The molecule has 0 radical (unpaired) electrons. The number of nitro benzene ring substituents is 1. The standard InChI is InChI=1S/C16H20N2O9/c1-7(20)10-4-3-9(5-11(10)18(24)25)26-16-13(17-8(2)21)15(23)14(22)12(6-19)27-16/h3-5,12-16,19,22-23H,6H2,1-2H3,(H,17,21)/t12-,13-,14-,15-,16-/m1/s1. The van der Waals surface area contributed by atoms with E-state index in [1.807, 2.05) is 0 Å². The third-order valence-electron chi connectivity index (χ3n) is 4.05. The van der Waals surface area contributed by atoms with Crippen molar-refractivity contribution in [2.75, 3.05) is 6.61 Å². The second-order valence-corrected chi connectivity index (χ2v) is 6.04. The maximum Gasteiger partial charge on any atom is 0.283 e. The van der Waals surface area contributed by atoms with Crippen molar-refractivity contribution in [3.63, 3.8) is 0 Å². The van der Waals surface area contributed by atoms with Crippen LogP contribution in [-0.2, 0) is 9.53 Å². The molecule has 1 aliphatic heterocycles. The Morgan fingerprint density at radius 3 is 2.48 bits per heavy atom. The molecule has 1 heterocycles. The molecule has 11 nitrogen and oxygen atoms in total. The molecule has 11 heteroatoms. The van der Waals surface area contributed by atoms with E-state index in [1.165, 1.54) is 26.0 Å². The summed E-state index contributed by atoms with van der Waals surface area (Å²) < 4.78 is 10.9. The van der Waals surface area contributed by atoms with Crippen LogP contribution in [0.4, 0.5) is 5.69 Å². The summed E-state index contributed by atoms with van der Waals surface area (Å²) >= 11 is 0. The van der Waals surface area contributed by atoms with Gasteiger partial charge in [0.25, 0.3) is 5.69 Å². The van der Waals surface area contributed by atoms with Crippen molar-refractivity contribution in [1.29, 1.82) is 0 Å². The molecule has 0 bridgehead atoms. The first-order valence-electron chi connectivity index (χ1n) is 8.01. The zero-order valence-electron chi connectivity index (χ0n) is 14.6. The summed E-state index contributed by atoms with van der Waals surface area (Å²) in [5.74, 6) is -1.10. The Morgan fingerprint density at radius 2 is 1.96 bits per heavy atom. The number of rotatable bonds is 6. The monoisotopic (exact) mass is 384 g/mol. The van der Waals surface area contributed by atoms with Crippen LogP contribution in [0.2, 0.25) is 0 Å². The van der Waals surface area contributed by atoms with Gasteiger partial charge in [-0.25, -0.2) is 0 Å². The summed E-state index contributed by atoms with van der Waals surface area (Å²) in [6.07, 6.45) is -5.55. The second-order valence-electron chi connectivity index (χ2n) is 6.04. The molecule has 5 atom stereocenters. The number of amides is 1. The van der Waals surface area contributed by atoms with Crippen molar-refractivity contribution < 1.29 is 39.3 Å². The highest BCUT2D eigenvalue weighted by Gasteiger charge is 2.46. The first kappa shape index (κ1) is 20.7. The van der Waals surface area contributed by atoms with E-state index in [0.29, 0.717) is 0 Å². The fourth-order valence-electron chi connectivity index (χ4n) is 2.74. The Balaban J connectivity index is 2.33. The molecule has 4 N–H and O–H groups in total. The number of nitro groups is 1. The van der Waals surface area contributed by atoms with E-state index < -0.39 is 59.6 Å². The molecule has 0 unspecified atom stereocenters. The number of nitrogens with zero attached hydrogens (tertiary/aromatic N) is 1. The summed E-state index contributed by atoms with van der Waals surface area (Å²) in [7, 11) is 0. The van der Waals surface area contributed by atoms with Gasteiger partial charge in [-0.15, -0.1) is 0 Å². The van der Waals surface area contributed by atoms with Crippen LogP contribution in [-0.4, -0.2) is 69.2 Å². The zero-order valence-corrected chi connectivity index (χ0v) is 14.6. The number of hydrogen-bond acceptors (Lipinski definition) is 9. The molecule has 1 aromatic carbocycles. The highest BCUT2D eigenvalue weighted by molar-refractivity contribution is 5.98. The number of carbonyl (C=O) groups excluding carboxylic acids is 2. The predicted molar refractivity (Wildman–Crippen MR) is 89.1 cm³/mol. The van der Waals surface area contributed by atoms with Crippen molar-refractivity contribution in [3.05, 3.63) is 33.9 Å². The van der Waals surface area contributed by atoms with Gasteiger partial charge in [-0.05, 0) is 19.1 Å². The molecule has 0 aliphatic carbocycles. The molecule has 0 spiro atoms. The average Bonchev–Trinajstić information content (AvgIpc) is 2.60. The van der Waals surface area contributed by atoms with Crippen molar-refractivity contribution in [3.8, 4) is 5.75 Å². The van der Waals surface area contributed by atoms with Gasteiger partial charge in [0, 0.05) is 6.92 Å². The van der Waals surface area contributed by atoms with Gasteiger partial charge >= 0.3 is 0 Å². The lowest BCUT2D eigenvalue weighted by Crippen LogP contribution is -2.65. The maximum absolute atomic E-state index is 11.5. The lowest BCUT2D eigenvalue weighted by atomic mass is 9.97. The number of carbonyl (C=O) groups is 2. The minimum atomic E-state index is -1.52. The smallest absolute Gasteiger partial charge is 0.283 e. The van der Waals surface area contributed by atoms with E-state index >= 15 is 0 Å². The Kier molecular flexibility index (Phi) is 6.44. The Bertz CT molecular complexity index is 739. The van der Waals surface area contributed by atoms with E-state index in [2.05, 4.69) is 5.32 Å². The van der Waals surface area contributed by atoms with E-state index in [4.69, 9.17) is 9.47 Å². The lowest BCUT2D eigenvalue weighted by molar-refractivity contribution is -0.385. The molecule has 27 heavy (non-hydrogen) atoms. The fourth-order valence-corrected chi connectivity index (χ4v) is 2.74. The SMILES string of the molecule is CC(=O)N[C@H]1[C@H](Oc2ccc(C(C)=O)c([N+](=O)[O-])c2)O[C@H](CO)[C@@H](O)[C@@H]1O. The first-order valence-corrected chi connectivity index (χ1v) is 8.01. The molecule has 0 saturated carbocycles. The number of hydrogen-bond donors (Lipinski definition) is 4. The van der Waals surface area contributed by atoms with Gasteiger partial charge in [0.1, 0.15) is 30.1 Å². The van der Waals surface area contributed by atoms with Crippen LogP contribution in [0.15, 0.2) is 18.2 Å². The molecule has 1 fully saturated rings. The molecule has 1 aliphatic rings. The van der Waals surface area contributed by atoms with Crippen LogP contribution in [0.3, 0.4) is 0 Å². The van der Waals surface area contributed by atoms with Gasteiger partial charge in [0.2, 0.25) is 12.2 Å². The average molecular weight is 384 g/mol. The first-order chi connectivity index (χ1) is 12.6. The Morgan fingerprint density at radius 1 is 1.30 bits per heavy atom. The van der Waals surface area contributed by atoms with Gasteiger partial charge in [0.15, 0.2) is 5.78 Å². The molecule has 1 saturated heterocycles. The van der Waals surface area contributed by atoms with Crippen LogP contribution in [0.5, 0.6) is 5.75 Å². The fraction of sp³-hybridized carbons (Fsp3) is 0.500. The van der Waals surface area contributed by atoms with Crippen molar-refractivity contribution >= 4 is 17.4 Å². The minimum absolute atomic E-state index is 0.0627. The van der Waals surface area contributed by atoms with E-state index in [0.717, 1.165) is 6.07 Å². The maximum atomic E-state index is 11.5. The Hall–Kier alpha value is -2.60. The lowest BCUT2D eigenvalue weighted by Gasteiger charge is -2.42. The largest absolute Gasteiger partial charge is 0.462 e. The third kappa shape index (κ3) is 4.57. The zero-order chi connectivity index (χ0) is 20.3. The van der Waals surface area contributed by atoms with Crippen molar-refractivity contribution in [1.82, 2.24) is 5.32 Å². The van der Waals surface area contributed by atoms with Crippen molar-refractivity contribution in [2.45, 2.75) is 44.5 Å². The van der Waals surface area contributed by atoms with Gasteiger partial charge in [-0.1, -0.05) is 0 Å². The van der Waals surface area contributed by atoms with Gasteiger partial charge in [-0.3, -0.25) is 19.7 Å². The number of aliphatic hydroxyl groups excluding tert-OH is 3. The van der Waals surface area contributed by atoms with Gasteiger partial charge < -0.3 is 30.1 Å². The highest BCUT2D eigenvalue weighted by Crippen LogP contribution is 2.29. The minimum Gasteiger partial charge on any atom is -0.462 e. The second kappa shape index (κ2) is 8.39. The predicted octanol–water partition coefficient (Wildman–Crippen LogP) is -0.880. The molecule has 1 aromatic rings. The van der Waals surface area contributed by atoms with Gasteiger partial charge in [-0.2, -0.15) is 0 Å². The quantitative estimate of drug-likeness (QED) is 0.276. The van der Waals surface area contributed by atoms with Crippen LogP contribution >= 0.6 is 0 Å². The summed E-state index contributed by atoms with van der Waals surface area (Å²) in [6, 6.07) is 2.31.